The largest absolute Gasteiger partial charge is 0.496 e. The van der Waals surface area contributed by atoms with Crippen molar-refractivity contribution in [2.24, 2.45) is 20.7 Å². The van der Waals surface area contributed by atoms with E-state index in [0.717, 1.165) is 0 Å². The number of rotatable bonds is 8. The van der Waals surface area contributed by atoms with Crippen molar-refractivity contribution in [3.05, 3.63) is 58.7 Å². The monoisotopic (exact) mass is 659 g/mol. The van der Waals surface area contributed by atoms with Crippen LogP contribution in [-0.2, 0) is 25.7 Å². The first-order valence-electron chi connectivity index (χ1n) is 15.3. The zero-order chi connectivity index (χ0) is 33.9. The van der Waals surface area contributed by atoms with Gasteiger partial charge in [-0.1, -0.05) is 18.2 Å². The van der Waals surface area contributed by atoms with Gasteiger partial charge < -0.3 is 45.1 Å². The van der Waals surface area contributed by atoms with Crippen molar-refractivity contribution in [3.8, 4) is 17.2 Å². The number of fused-ring (bicyclic) bond motifs is 5. The van der Waals surface area contributed by atoms with Crippen LogP contribution < -0.4 is 25.3 Å². The molecular formula is C32H33N7O9. The molecule has 0 spiro atoms. The fourth-order valence-electron chi connectivity index (χ4n) is 6.84. The van der Waals surface area contributed by atoms with Gasteiger partial charge in [0.25, 0.3) is 0 Å². The Morgan fingerprint density at radius 1 is 1.31 bits per heavy atom. The van der Waals surface area contributed by atoms with E-state index >= 15 is 0 Å². The fraction of sp³-hybridized carbons (Fsp3) is 0.375. The third-order valence-corrected chi connectivity index (χ3v) is 8.96. The molecule has 5 aliphatic heterocycles. The van der Waals surface area contributed by atoms with E-state index in [0.29, 0.717) is 29.6 Å². The molecule has 1 unspecified atom stereocenters. The third kappa shape index (κ3) is 4.66. The summed E-state index contributed by atoms with van der Waals surface area (Å²) in [7, 11) is 1.46. The van der Waals surface area contributed by atoms with E-state index in [1.807, 2.05) is 17.1 Å². The maximum absolute atomic E-state index is 13.2. The average molecular weight is 660 g/mol. The van der Waals surface area contributed by atoms with Gasteiger partial charge in [0.2, 0.25) is 11.7 Å². The number of aliphatic hydroxyl groups is 2. The van der Waals surface area contributed by atoms with Crippen LogP contribution in [0.25, 0.3) is 5.57 Å². The zero-order valence-corrected chi connectivity index (χ0v) is 26.3. The van der Waals surface area contributed by atoms with Gasteiger partial charge in [0.05, 0.1) is 37.0 Å². The van der Waals surface area contributed by atoms with Crippen LogP contribution in [0, 0.1) is 0 Å². The van der Waals surface area contributed by atoms with E-state index in [9.17, 15) is 24.6 Å². The minimum absolute atomic E-state index is 0.0193. The number of methoxy groups -OCH3 is 1. The lowest BCUT2D eigenvalue weighted by Gasteiger charge is -2.34. The minimum atomic E-state index is -1.23. The maximum atomic E-state index is 13.2. The summed E-state index contributed by atoms with van der Waals surface area (Å²) in [5, 5.41) is 25.2. The van der Waals surface area contributed by atoms with Gasteiger partial charge in [-0.25, -0.2) is 4.79 Å². The predicted molar refractivity (Wildman–Crippen MR) is 170 cm³/mol. The van der Waals surface area contributed by atoms with Crippen molar-refractivity contribution in [3.63, 3.8) is 0 Å². The normalized spacial score (nSPS) is 27.3. The van der Waals surface area contributed by atoms with E-state index < -0.39 is 42.4 Å². The van der Waals surface area contributed by atoms with Crippen molar-refractivity contribution in [2.75, 3.05) is 26.9 Å². The molecule has 1 amide bonds. The van der Waals surface area contributed by atoms with Crippen LogP contribution in [0.15, 0.2) is 56.9 Å². The predicted octanol–water partition coefficient (Wildman–Crippen LogP) is 0.162. The Hall–Kier alpha value is -5.48. The first kappa shape index (κ1) is 31.1. The second-order valence-electron chi connectivity index (χ2n) is 11.9. The Kier molecular flexibility index (Phi) is 7.55. The molecule has 250 valence electrons. The molecule has 1 aliphatic carbocycles. The molecule has 6 aliphatic rings. The van der Waals surface area contributed by atoms with Crippen LogP contribution in [0.5, 0.6) is 17.2 Å². The Bertz CT molecular complexity index is 1860. The number of aliphatic hydroxyl groups excluding tert-OH is 1. The lowest BCUT2D eigenvalue weighted by molar-refractivity contribution is -0.141. The highest BCUT2D eigenvalue weighted by Crippen LogP contribution is 2.59. The summed E-state index contributed by atoms with van der Waals surface area (Å²) in [6.07, 6.45) is 8.60. The van der Waals surface area contributed by atoms with E-state index in [4.69, 9.17) is 24.7 Å². The van der Waals surface area contributed by atoms with Crippen molar-refractivity contribution >= 4 is 41.2 Å². The van der Waals surface area contributed by atoms with Crippen LogP contribution in [0.2, 0.25) is 0 Å². The molecule has 0 aromatic heterocycles. The standard InChI is InChI=1S/C32H33N7O9/c1-4-46-29(43)24-17(12-40)15(7-10-38-11-9-34-31(38)39-14-35-21-27(39)36-30(33)37-28(21)42)19-22(47-24)18(13-41)23-20(25(19)45-3)16-6-5-8-32(2,44)26(16)48-23/h5-7,9,11-12,16,26,31,34,41,44H,4,8,10,13-14H2,1-3H3,(H2,33,37,42)/b15-7+/t16-,26-,31?,32+/m0/s1. The number of allylic oxidation sites excluding steroid dienone is 2. The van der Waals surface area contributed by atoms with Gasteiger partial charge in [0, 0.05) is 36.0 Å². The maximum Gasteiger partial charge on any atom is 0.375 e. The molecule has 0 radical (unpaired) electrons. The highest BCUT2D eigenvalue weighted by Gasteiger charge is 2.51. The molecular weight excluding hydrogens is 626 g/mol. The number of esters is 1. The molecule has 0 bridgehead atoms. The zero-order valence-electron chi connectivity index (χ0n) is 26.3. The summed E-state index contributed by atoms with van der Waals surface area (Å²) in [5.74, 6) is -1.53. The number of nitrogens with zero attached hydrogens (tertiary/aromatic N) is 5. The number of amidine groups is 1. The molecule has 16 heteroatoms. The molecule has 0 fully saturated rings. The van der Waals surface area contributed by atoms with E-state index in [1.165, 1.54) is 7.11 Å². The Labute approximate surface area is 274 Å². The van der Waals surface area contributed by atoms with Crippen LogP contribution >= 0.6 is 0 Å². The summed E-state index contributed by atoms with van der Waals surface area (Å²) < 4.78 is 23.7. The lowest BCUT2D eigenvalue weighted by Crippen LogP contribution is -2.53. The number of ether oxygens (including phenoxy) is 4. The van der Waals surface area contributed by atoms with Gasteiger partial charge >= 0.3 is 11.9 Å². The number of amides is 1. The Morgan fingerprint density at radius 2 is 2.12 bits per heavy atom. The number of hydrogen-bond donors (Lipinski definition) is 4. The van der Waals surface area contributed by atoms with E-state index in [2.05, 4.69) is 20.3 Å². The molecule has 7 rings (SSSR count). The van der Waals surface area contributed by atoms with Crippen LogP contribution in [0.4, 0.5) is 0 Å². The fourth-order valence-corrected chi connectivity index (χ4v) is 6.84. The smallest absolute Gasteiger partial charge is 0.375 e. The lowest BCUT2D eigenvalue weighted by atomic mass is 9.77. The van der Waals surface area contributed by atoms with E-state index in [1.54, 1.807) is 37.2 Å². The quantitative estimate of drug-likeness (QED) is 0.167. The molecule has 16 nitrogen and oxygen atoms in total. The summed E-state index contributed by atoms with van der Waals surface area (Å²) in [6.45, 7) is 3.03. The highest BCUT2D eigenvalue weighted by molar-refractivity contribution is 6.69. The van der Waals surface area contributed by atoms with Crippen LogP contribution in [0.3, 0.4) is 0 Å². The summed E-state index contributed by atoms with van der Waals surface area (Å²) in [6, 6.07) is 0. The first-order valence-corrected chi connectivity index (χ1v) is 15.3. The highest BCUT2D eigenvalue weighted by atomic mass is 16.6. The topological polar surface area (TPSA) is 210 Å². The Balaban J connectivity index is 1.35. The molecule has 4 atom stereocenters. The second kappa shape index (κ2) is 11.6. The van der Waals surface area contributed by atoms with Gasteiger partial charge in [-0.05, 0) is 20.3 Å². The average Bonchev–Trinajstić information content (AvgIpc) is 3.79. The van der Waals surface area contributed by atoms with Crippen molar-refractivity contribution < 1.29 is 43.5 Å². The van der Waals surface area contributed by atoms with Crippen molar-refractivity contribution in [1.29, 1.82) is 0 Å². The van der Waals surface area contributed by atoms with Gasteiger partial charge in [-0.15, -0.1) is 0 Å². The number of benzene rings is 1. The molecule has 48 heavy (non-hydrogen) atoms. The molecule has 5 heterocycles. The van der Waals surface area contributed by atoms with Gasteiger partial charge in [-0.3, -0.25) is 19.5 Å². The molecule has 0 saturated heterocycles. The molecule has 0 saturated carbocycles. The molecule has 1 aromatic carbocycles. The summed E-state index contributed by atoms with van der Waals surface area (Å²) >= 11 is 0. The molecule has 5 N–H and O–H groups in total. The summed E-state index contributed by atoms with van der Waals surface area (Å²) in [5.41, 5.74) is 5.96. The van der Waals surface area contributed by atoms with Gasteiger partial charge in [0.15, 0.2) is 24.1 Å². The third-order valence-electron chi connectivity index (χ3n) is 8.96. The minimum Gasteiger partial charge on any atom is -0.496 e. The summed E-state index contributed by atoms with van der Waals surface area (Å²) in [4.78, 5) is 54.2. The number of nitrogens with two attached hydrogens (primary N) is 1. The van der Waals surface area contributed by atoms with Crippen LogP contribution in [-0.4, -0.2) is 101 Å². The van der Waals surface area contributed by atoms with Gasteiger partial charge in [0.1, 0.15) is 35.6 Å². The molecule has 1 aromatic rings. The number of aliphatic imine (C=N–C) groups is 3. The number of hydrogen-bond acceptors (Lipinski definition) is 15. The Morgan fingerprint density at radius 3 is 2.85 bits per heavy atom. The number of carbonyl (C=O) groups is 3. The number of nitrogens with one attached hydrogen (secondary N) is 1. The van der Waals surface area contributed by atoms with Crippen LogP contribution in [0.1, 0.15) is 42.9 Å². The van der Waals surface area contributed by atoms with E-state index in [-0.39, 0.29) is 71.3 Å². The van der Waals surface area contributed by atoms with Crippen molar-refractivity contribution in [1.82, 2.24) is 15.1 Å². The number of aldehydes is 1. The first-order chi connectivity index (χ1) is 23.1. The number of carbonyl (C=O) groups excluding carboxylic acids is 3. The van der Waals surface area contributed by atoms with Gasteiger partial charge in [-0.2, -0.15) is 9.98 Å². The SMILES string of the molecule is CCOC(=O)C1=C(C=O)/C(=C\CN2C=CNC2N2CN=C3C(=O)N=C(N)N=C32)c2c(c(CO)c3c(c2OC)[C@@H]2C=CC[C@@](C)(O)[C@H]2O3)O1. The number of guanidine groups is 1. The van der Waals surface area contributed by atoms with Crippen molar-refractivity contribution in [2.45, 2.75) is 50.8 Å². The second-order valence-corrected chi connectivity index (χ2v) is 11.9.